The summed E-state index contributed by atoms with van der Waals surface area (Å²) >= 11 is 8.16. The largest absolute Gasteiger partial charge is 0.396 e. The van der Waals surface area contributed by atoms with Gasteiger partial charge in [-0.3, -0.25) is 14.4 Å². The third-order valence-electron chi connectivity index (χ3n) is 9.06. The molecule has 3 amide bonds. The number of halogens is 1. The molecule has 2 aromatic carbocycles. The Kier molecular flexibility index (Phi) is 7.98. The van der Waals surface area contributed by atoms with Gasteiger partial charge in [0.2, 0.25) is 11.8 Å². The van der Waals surface area contributed by atoms with Crippen molar-refractivity contribution >= 4 is 46.8 Å². The lowest BCUT2D eigenvalue weighted by Gasteiger charge is -2.37. The third-order valence-corrected chi connectivity index (χ3v) is 11.2. The third kappa shape index (κ3) is 4.77. The second-order valence-corrected chi connectivity index (χ2v) is 13.9. The second kappa shape index (κ2) is 11.5. The van der Waals surface area contributed by atoms with E-state index in [9.17, 15) is 19.5 Å². The minimum atomic E-state index is -0.906. The molecular formula is C33H36ClN3O4S. The number of likely N-dealkylation sites (tertiary alicyclic amines) is 1. The Morgan fingerprint density at radius 3 is 2.38 bits per heavy atom. The number of carbonyl (C=O) groups is 3. The Morgan fingerprint density at radius 1 is 0.881 bits per heavy atom. The number of carbonyl (C=O) groups excluding carboxylic acids is 3. The van der Waals surface area contributed by atoms with Crippen LogP contribution in [0.5, 0.6) is 0 Å². The molecule has 0 radical (unpaired) electrons. The Morgan fingerprint density at radius 2 is 1.62 bits per heavy atom. The Balaban J connectivity index is 1.41. The maximum atomic E-state index is 14.6. The summed E-state index contributed by atoms with van der Waals surface area (Å²) < 4.78 is -1.56. The van der Waals surface area contributed by atoms with Crippen LogP contribution in [0.4, 0.5) is 5.69 Å². The Bertz CT molecular complexity index is 1430. The highest BCUT2D eigenvalue weighted by atomic mass is 35.5. The summed E-state index contributed by atoms with van der Waals surface area (Å²) in [6, 6.07) is 16.4. The molecule has 4 aliphatic heterocycles. The number of hydrogen-bond acceptors (Lipinski definition) is 5. The summed E-state index contributed by atoms with van der Waals surface area (Å²) in [4.78, 5) is 48.8. The van der Waals surface area contributed by atoms with Crippen LogP contribution in [0.25, 0.3) is 0 Å². The van der Waals surface area contributed by atoms with E-state index >= 15 is 0 Å². The molecule has 4 heterocycles. The van der Waals surface area contributed by atoms with Crippen molar-refractivity contribution in [2.75, 3.05) is 31.1 Å². The van der Waals surface area contributed by atoms with Crippen LogP contribution in [0.2, 0.25) is 5.02 Å². The zero-order valence-electron chi connectivity index (χ0n) is 23.7. The van der Waals surface area contributed by atoms with E-state index in [0.717, 1.165) is 12.0 Å². The van der Waals surface area contributed by atoms with Gasteiger partial charge in [-0.1, -0.05) is 78.4 Å². The molecule has 9 heteroatoms. The molecule has 1 N–H and O–H groups in total. The highest BCUT2D eigenvalue weighted by Gasteiger charge is 2.73. The van der Waals surface area contributed by atoms with Crippen LogP contribution in [0.3, 0.4) is 0 Å². The average Bonchev–Trinajstić information content (AvgIpc) is 3.25. The van der Waals surface area contributed by atoms with Crippen LogP contribution in [-0.4, -0.2) is 74.4 Å². The number of aliphatic hydroxyl groups excluding tert-OH is 1. The summed E-state index contributed by atoms with van der Waals surface area (Å²) in [7, 11) is 0. The first-order valence-electron chi connectivity index (χ1n) is 14.7. The normalized spacial score (nSPS) is 30.3. The van der Waals surface area contributed by atoms with E-state index < -0.39 is 27.4 Å². The number of para-hydroxylation sites is 1. The summed E-state index contributed by atoms with van der Waals surface area (Å²) in [6.45, 7) is 3.77. The van der Waals surface area contributed by atoms with Gasteiger partial charge in [0.05, 0.1) is 27.3 Å². The van der Waals surface area contributed by atoms with Crippen molar-refractivity contribution < 1.29 is 19.5 Å². The number of nitrogens with zero attached hydrogens (tertiary/aromatic N) is 3. The van der Waals surface area contributed by atoms with Gasteiger partial charge in [0.15, 0.2) is 0 Å². The van der Waals surface area contributed by atoms with Gasteiger partial charge in [0, 0.05) is 37.5 Å². The van der Waals surface area contributed by atoms with E-state index in [4.69, 9.17) is 11.6 Å². The van der Waals surface area contributed by atoms with Crippen molar-refractivity contribution in [2.24, 2.45) is 11.8 Å². The smallest absolute Gasteiger partial charge is 0.251 e. The number of amides is 3. The average molecular weight is 606 g/mol. The van der Waals surface area contributed by atoms with Crippen molar-refractivity contribution in [3.05, 3.63) is 89.5 Å². The van der Waals surface area contributed by atoms with Crippen LogP contribution in [-0.2, 0) is 20.9 Å². The molecule has 42 heavy (non-hydrogen) atoms. The number of anilines is 1. The molecule has 2 fully saturated rings. The standard InChI is InChI=1S/C33H36ClN3O4S/c1-32-16-10-18-35(22-23-12-4-2-5-13-23)29(39)26(32)27-30(40)37(19-8-3-9-21-38)28-31(41)36(20-11-17-33(27,28)42-32)25-15-7-6-14-24(25)34/h2,4-7,10-17,26-28,38H,3,8-9,18-22H2,1H3/t26-,27+,28?,32+,33+/m1/s1. The number of unbranched alkanes of at least 4 members (excludes halogenated alkanes) is 2. The molecule has 0 bridgehead atoms. The fourth-order valence-electron chi connectivity index (χ4n) is 7.22. The van der Waals surface area contributed by atoms with Gasteiger partial charge in [-0.05, 0) is 43.9 Å². The van der Waals surface area contributed by atoms with Crippen molar-refractivity contribution in [3.63, 3.8) is 0 Å². The van der Waals surface area contributed by atoms with Gasteiger partial charge in [0.1, 0.15) is 6.04 Å². The number of rotatable bonds is 8. The molecule has 0 aliphatic carbocycles. The quantitative estimate of drug-likeness (QED) is 0.349. The summed E-state index contributed by atoms with van der Waals surface area (Å²) in [6.07, 6.45) is 10.2. The van der Waals surface area contributed by atoms with Crippen LogP contribution in [0.15, 0.2) is 78.9 Å². The first-order valence-corrected chi connectivity index (χ1v) is 15.9. The van der Waals surface area contributed by atoms with Crippen LogP contribution in [0.1, 0.15) is 31.7 Å². The van der Waals surface area contributed by atoms with Gasteiger partial charge < -0.3 is 19.8 Å². The molecule has 2 aromatic rings. The summed E-state index contributed by atoms with van der Waals surface area (Å²) in [5.74, 6) is -1.69. The van der Waals surface area contributed by atoms with Gasteiger partial charge in [-0.2, -0.15) is 0 Å². The minimum Gasteiger partial charge on any atom is -0.396 e. The first kappa shape index (κ1) is 29.0. The zero-order chi connectivity index (χ0) is 29.5. The van der Waals surface area contributed by atoms with E-state index in [1.54, 1.807) is 27.6 Å². The first-order chi connectivity index (χ1) is 20.3. The van der Waals surface area contributed by atoms with Crippen molar-refractivity contribution in [2.45, 2.75) is 48.3 Å². The van der Waals surface area contributed by atoms with Crippen LogP contribution in [0, 0.1) is 11.8 Å². The lowest BCUT2D eigenvalue weighted by molar-refractivity contribution is -0.144. The fraction of sp³-hybridized carbons (Fsp3) is 0.424. The lowest BCUT2D eigenvalue weighted by atomic mass is 9.74. The van der Waals surface area contributed by atoms with Crippen molar-refractivity contribution in [3.8, 4) is 0 Å². The number of thioether (sulfide) groups is 1. The van der Waals surface area contributed by atoms with Gasteiger partial charge in [0.25, 0.3) is 5.91 Å². The molecular weight excluding hydrogens is 570 g/mol. The molecule has 5 atom stereocenters. The molecule has 0 aromatic heterocycles. The summed E-state index contributed by atoms with van der Waals surface area (Å²) in [5.41, 5.74) is 1.64. The number of aliphatic hydroxyl groups is 1. The second-order valence-electron chi connectivity index (χ2n) is 11.7. The number of hydrogen-bond donors (Lipinski definition) is 1. The molecule has 6 rings (SSSR count). The fourth-order valence-corrected chi connectivity index (χ4v) is 9.61. The van der Waals surface area contributed by atoms with Gasteiger partial charge >= 0.3 is 0 Å². The molecule has 220 valence electrons. The van der Waals surface area contributed by atoms with Crippen LogP contribution < -0.4 is 4.90 Å². The number of fused-ring (bicyclic) bond motifs is 2. The van der Waals surface area contributed by atoms with E-state index in [0.29, 0.717) is 49.7 Å². The highest BCUT2D eigenvalue weighted by molar-refractivity contribution is 8.02. The minimum absolute atomic E-state index is 0.0528. The SMILES string of the molecule is C[C@]12C=CCN(Cc3ccccc3)C(=O)[C@H]1[C@H]1C(=O)N(CCCCCO)C3C(=O)N(c4ccccc4Cl)CC=C[C@@]31S2. The maximum absolute atomic E-state index is 14.6. The molecule has 1 unspecified atom stereocenters. The van der Waals surface area contributed by atoms with Crippen molar-refractivity contribution in [1.29, 1.82) is 0 Å². The van der Waals surface area contributed by atoms with Gasteiger partial charge in [-0.15, -0.1) is 11.8 Å². The molecule has 4 aliphatic rings. The Hall–Kier alpha value is -3.07. The predicted molar refractivity (Wildman–Crippen MR) is 166 cm³/mol. The molecule has 0 saturated carbocycles. The van der Waals surface area contributed by atoms with E-state index in [1.165, 1.54) is 0 Å². The molecule has 2 saturated heterocycles. The van der Waals surface area contributed by atoms with E-state index in [-0.39, 0.29) is 24.3 Å². The summed E-state index contributed by atoms with van der Waals surface area (Å²) in [5, 5.41) is 9.79. The topological polar surface area (TPSA) is 81.2 Å². The lowest BCUT2D eigenvalue weighted by Crippen LogP contribution is -2.53. The van der Waals surface area contributed by atoms with Crippen molar-refractivity contribution in [1.82, 2.24) is 9.80 Å². The zero-order valence-corrected chi connectivity index (χ0v) is 25.3. The van der Waals surface area contributed by atoms with E-state index in [1.807, 2.05) is 78.6 Å². The highest BCUT2D eigenvalue weighted by Crippen LogP contribution is 2.65. The predicted octanol–water partition coefficient (Wildman–Crippen LogP) is 4.69. The maximum Gasteiger partial charge on any atom is 0.251 e. The Labute approximate surface area is 256 Å². The van der Waals surface area contributed by atoms with Gasteiger partial charge in [-0.25, -0.2) is 0 Å². The molecule has 7 nitrogen and oxygen atoms in total. The molecule has 1 spiro atoms. The van der Waals surface area contributed by atoms with Crippen LogP contribution >= 0.6 is 23.4 Å². The monoisotopic (exact) mass is 605 g/mol. The number of benzene rings is 2. The van der Waals surface area contributed by atoms with E-state index in [2.05, 4.69) is 6.08 Å².